The smallest absolute Gasteiger partial charge is 0.227 e. The van der Waals surface area contributed by atoms with E-state index in [1.54, 1.807) is 6.07 Å². The summed E-state index contributed by atoms with van der Waals surface area (Å²) >= 11 is 0. The van der Waals surface area contributed by atoms with Crippen LogP contribution in [0.25, 0.3) is 10.9 Å². The van der Waals surface area contributed by atoms with Crippen LogP contribution < -0.4 is 10.6 Å². The number of carbonyl (C=O) groups is 2. The number of fused-ring (bicyclic) bond motifs is 1. The summed E-state index contributed by atoms with van der Waals surface area (Å²) in [6, 6.07) is 18.8. The van der Waals surface area contributed by atoms with Gasteiger partial charge in [-0.25, -0.2) is 4.98 Å². The molecule has 0 saturated carbocycles. The topological polar surface area (TPSA) is 71.1 Å². The number of pyridine rings is 1. The molecule has 1 heterocycles. The Balaban J connectivity index is 1.73. The highest BCUT2D eigenvalue weighted by Crippen LogP contribution is 2.19. The van der Waals surface area contributed by atoms with Crippen LogP contribution in [0.2, 0.25) is 0 Å². The van der Waals surface area contributed by atoms with Gasteiger partial charge in [-0.3, -0.25) is 9.59 Å². The fourth-order valence-corrected chi connectivity index (χ4v) is 2.81. The predicted molar refractivity (Wildman–Crippen MR) is 103 cm³/mol. The molecule has 132 valence electrons. The van der Waals surface area contributed by atoms with Crippen LogP contribution in [0.4, 0.5) is 5.82 Å². The number of hydrogen-bond donors (Lipinski definition) is 2. The molecule has 0 saturated heterocycles. The van der Waals surface area contributed by atoms with E-state index in [2.05, 4.69) is 15.6 Å². The highest BCUT2D eigenvalue weighted by Gasteiger charge is 2.17. The second-order valence-electron chi connectivity index (χ2n) is 6.31. The van der Waals surface area contributed by atoms with Crippen molar-refractivity contribution in [3.63, 3.8) is 0 Å². The molecule has 5 heteroatoms. The zero-order valence-corrected chi connectivity index (χ0v) is 14.8. The molecule has 0 spiro atoms. The monoisotopic (exact) mass is 347 g/mol. The molecule has 0 aliphatic rings. The van der Waals surface area contributed by atoms with Gasteiger partial charge in [-0.15, -0.1) is 0 Å². The molecule has 0 fully saturated rings. The Kier molecular flexibility index (Phi) is 5.27. The van der Waals surface area contributed by atoms with E-state index in [4.69, 9.17) is 0 Å². The molecule has 5 nitrogen and oxygen atoms in total. The first-order chi connectivity index (χ1) is 12.5. The lowest BCUT2D eigenvalue weighted by molar-refractivity contribution is -0.120. The average molecular weight is 347 g/mol. The third-order valence-corrected chi connectivity index (χ3v) is 4.11. The minimum atomic E-state index is -0.381. The van der Waals surface area contributed by atoms with Gasteiger partial charge in [-0.2, -0.15) is 0 Å². The highest BCUT2D eigenvalue weighted by atomic mass is 16.2. The molecular weight excluding hydrogens is 326 g/mol. The second-order valence-corrected chi connectivity index (χ2v) is 6.31. The molecule has 3 rings (SSSR count). The Morgan fingerprint density at radius 1 is 1.00 bits per heavy atom. The third-order valence-electron chi connectivity index (χ3n) is 4.11. The van der Waals surface area contributed by atoms with Crippen LogP contribution in [0.1, 0.15) is 30.5 Å². The van der Waals surface area contributed by atoms with Crippen molar-refractivity contribution in [3.8, 4) is 0 Å². The number of nitrogens with one attached hydrogen (secondary N) is 2. The van der Waals surface area contributed by atoms with Crippen molar-refractivity contribution in [2.45, 2.75) is 26.3 Å². The maximum absolute atomic E-state index is 12.5. The number of para-hydroxylation sites is 1. The highest BCUT2D eigenvalue weighted by molar-refractivity contribution is 5.92. The van der Waals surface area contributed by atoms with Crippen LogP contribution in [0, 0.1) is 6.92 Å². The van der Waals surface area contributed by atoms with Crippen molar-refractivity contribution in [2.75, 3.05) is 5.32 Å². The van der Waals surface area contributed by atoms with Crippen molar-refractivity contribution in [3.05, 3.63) is 71.8 Å². The molecule has 0 aliphatic carbocycles. The number of benzene rings is 2. The summed E-state index contributed by atoms with van der Waals surface area (Å²) in [6.07, 6.45) is 0.136. The largest absolute Gasteiger partial charge is 0.349 e. The van der Waals surface area contributed by atoms with Gasteiger partial charge in [0.05, 0.1) is 18.0 Å². The summed E-state index contributed by atoms with van der Waals surface area (Å²) < 4.78 is 0. The van der Waals surface area contributed by atoms with Gasteiger partial charge in [0.25, 0.3) is 0 Å². The van der Waals surface area contributed by atoms with Crippen molar-refractivity contribution in [1.82, 2.24) is 10.3 Å². The first kappa shape index (κ1) is 17.6. The summed E-state index contributed by atoms with van der Waals surface area (Å²) in [5.74, 6) is 0.124. The average Bonchev–Trinajstić information content (AvgIpc) is 2.61. The summed E-state index contributed by atoms with van der Waals surface area (Å²) in [5.41, 5.74) is 2.84. The first-order valence-corrected chi connectivity index (χ1v) is 8.50. The minimum Gasteiger partial charge on any atom is -0.349 e. The summed E-state index contributed by atoms with van der Waals surface area (Å²) in [6.45, 7) is 3.44. The van der Waals surface area contributed by atoms with Crippen LogP contribution in [-0.4, -0.2) is 16.8 Å². The normalized spacial score (nSPS) is 11.8. The van der Waals surface area contributed by atoms with E-state index in [1.807, 2.05) is 61.5 Å². The number of anilines is 1. The van der Waals surface area contributed by atoms with Gasteiger partial charge in [-0.05, 0) is 30.7 Å². The quantitative estimate of drug-likeness (QED) is 0.738. The van der Waals surface area contributed by atoms with Crippen LogP contribution >= 0.6 is 0 Å². The maximum Gasteiger partial charge on any atom is 0.227 e. The molecule has 26 heavy (non-hydrogen) atoms. The molecule has 1 atom stereocenters. The van der Waals surface area contributed by atoms with Gasteiger partial charge in [-0.1, -0.05) is 48.0 Å². The maximum atomic E-state index is 12.5. The second kappa shape index (κ2) is 7.78. The lowest BCUT2D eigenvalue weighted by atomic mass is 10.0. The van der Waals surface area contributed by atoms with E-state index in [-0.39, 0.29) is 24.3 Å². The van der Waals surface area contributed by atoms with Gasteiger partial charge in [0.2, 0.25) is 11.8 Å². The lowest BCUT2D eigenvalue weighted by Crippen LogP contribution is -2.29. The zero-order chi connectivity index (χ0) is 18.5. The van der Waals surface area contributed by atoms with Gasteiger partial charge < -0.3 is 10.6 Å². The number of nitrogens with zero attached hydrogens (tertiary/aromatic N) is 1. The van der Waals surface area contributed by atoms with E-state index < -0.39 is 0 Å². The van der Waals surface area contributed by atoms with Crippen molar-refractivity contribution in [1.29, 1.82) is 0 Å². The Morgan fingerprint density at radius 3 is 2.46 bits per heavy atom. The van der Waals surface area contributed by atoms with Crippen molar-refractivity contribution in [2.24, 2.45) is 0 Å². The summed E-state index contributed by atoms with van der Waals surface area (Å²) in [4.78, 5) is 28.5. The summed E-state index contributed by atoms with van der Waals surface area (Å²) in [5, 5.41) is 6.67. The molecule has 2 aromatic carbocycles. The molecule has 2 N–H and O–H groups in total. The van der Waals surface area contributed by atoms with Crippen LogP contribution in [-0.2, 0) is 9.59 Å². The molecule has 0 radical (unpaired) electrons. The molecule has 1 aromatic heterocycles. The number of aryl methyl sites for hydroxylation is 1. The van der Waals surface area contributed by atoms with Gasteiger partial charge in [0.1, 0.15) is 5.82 Å². The molecule has 0 aliphatic heterocycles. The molecule has 0 bridgehead atoms. The van der Waals surface area contributed by atoms with E-state index >= 15 is 0 Å². The third kappa shape index (κ3) is 4.45. The fourth-order valence-electron chi connectivity index (χ4n) is 2.81. The van der Waals surface area contributed by atoms with Crippen LogP contribution in [0.5, 0.6) is 0 Å². The van der Waals surface area contributed by atoms with E-state index in [1.165, 1.54) is 6.92 Å². The summed E-state index contributed by atoms with van der Waals surface area (Å²) in [7, 11) is 0. The molecular formula is C21H21N3O2. The lowest BCUT2D eigenvalue weighted by Gasteiger charge is -2.18. The first-order valence-electron chi connectivity index (χ1n) is 8.50. The number of carbonyl (C=O) groups excluding carboxylic acids is 2. The van der Waals surface area contributed by atoms with E-state index in [0.717, 1.165) is 22.0 Å². The number of aromatic nitrogens is 1. The van der Waals surface area contributed by atoms with Gasteiger partial charge in [0, 0.05) is 12.3 Å². The standard InChI is InChI=1S/C21H21N3O2/c1-14-7-9-17(10-8-14)19(22-15(2)25)13-21(26)24-20-12-11-16-5-3-4-6-18(16)23-20/h3-12,19H,13H2,1-2H3,(H,22,25)(H,23,24,26)/t19-/m1/s1. The molecule has 0 unspecified atom stereocenters. The Labute approximate surface area is 152 Å². The van der Waals surface area contributed by atoms with Crippen LogP contribution in [0.3, 0.4) is 0 Å². The predicted octanol–water partition coefficient (Wildman–Crippen LogP) is 3.75. The fraction of sp³-hybridized carbons (Fsp3) is 0.190. The number of hydrogen-bond acceptors (Lipinski definition) is 3. The Hall–Kier alpha value is -3.21. The zero-order valence-electron chi connectivity index (χ0n) is 14.8. The van der Waals surface area contributed by atoms with E-state index in [9.17, 15) is 9.59 Å². The van der Waals surface area contributed by atoms with Gasteiger partial charge >= 0.3 is 0 Å². The van der Waals surface area contributed by atoms with E-state index in [0.29, 0.717) is 5.82 Å². The number of amides is 2. The molecule has 2 amide bonds. The SMILES string of the molecule is CC(=O)N[C@H](CC(=O)Nc1ccc2ccccc2n1)c1ccc(C)cc1. The van der Waals surface area contributed by atoms with Crippen LogP contribution in [0.15, 0.2) is 60.7 Å². The Morgan fingerprint density at radius 2 is 1.73 bits per heavy atom. The minimum absolute atomic E-state index is 0.136. The van der Waals surface area contributed by atoms with Gasteiger partial charge in [0.15, 0.2) is 0 Å². The van der Waals surface area contributed by atoms with Crippen molar-refractivity contribution >= 4 is 28.5 Å². The Bertz CT molecular complexity index is 935. The number of rotatable bonds is 5. The van der Waals surface area contributed by atoms with Crippen molar-refractivity contribution < 1.29 is 9.59 Å². The molecule has 3 aromatic rings.